The third-order valence-electron chi connectivity index (χ3n) is 5.76. The van der Waals surface area contributed by atoms with Crippen molar-refractivity contribution in [2.45, 2.75) is 19.0 Å². The van der Waals surface area contributed by atoms with Gasteiger partial charge >= 0.3 is 0 Å². The summed E-state index contributed by atoms with van der Waals surface area (Å²) in [5, 5.41) is 4.27. The first-order valence-electron chi connectivity index (χ1n) is 9.45. The van der Waals surface area contributed by atoms with Crippen molar-refractivity contribution in [1.82, 2.24) is 19.7 Å². The first kappa shape index (κ1) is 16.5. The van der Waals surface area contributed by atoms with Gasteiger partial charge in [-0.3, -0.25) is 14.5 Å². The van der Waals surface area contributed by atoms with E-state index in [0.717, 1.165) is 30.8 Å². The zero-order chi connectivity index (χ0) is 18.5. The van der Waals surface area contributed by atoms with Crippen LogP contribution in [0.4, 0.5) is 10.1 Å². The van der Waals surface area contributed by atoms with Gasteiger partial charge in [-0.25, -0.2) is 4.39 Å². The van der Waals surface area contributed by atoms with Gasteiger partial charge in [0.05, 0.1) is 17.8 Å². The van der Waals surface area contributed by atoms with Crippen LogP contribution in [0.2, 0.25) is 0 Å². The minimum absolute atomic E-state index is 0.0131. The lowest BCUT2D eigenvalue weighted by atomic mass is 10.1. The number of nitrogens with zero attached hydrogens (tertiary/aromatic N) is 5. The molecule has 6 nitrogen and oxygen atoms in total. The average Bonchev–Trinajstić information content (AvgIpc) is 3.07. The predicted molar refractivity (Wildman–Crippen MR) is 101 cm³/mol. The van der Waals surface area contributed by atoms with Crippen LogP contribution in [0.1, 0.15) is 23.2 Å². The summed E-state index contributed by atoms with van der Waals surface area (Å²) in [5.74, 6) is -0.396. The van der Waals surface area contributed by atoms with Gasteiger partial charge in [0.15, 0.2) is 0 Å². The summed E-state index contributed by atoms with van der Waals surface area (Å²) in [4.78, 5) is 20.9. The fraction of sp³-hybridized carbons (Fsp3) is 0.450. The van der Waals surface area contributed by atoms with E-state index in [0.29, 0.717) is 19.5 Å². The Kier molecular flexibility index (Phi) is 3.77. The van der Waals surface area contributed by atoms with E-state index >= 15 is 0 Å². The Hall–Kier alpha value is -2.70. The molecule has 1 saturated carbocycles. The molecule has 5 rings (SSSR count). The van der Waals surface area contributed by atoms with Gasteiger partial charge in [-0.2, -0.15) is 5.10 Å². The number of alkyl halides is 1. The number of halogens is 1. The molecule has 0 N–H and O–H groups in total. The van der Waals surface area contributed by atoms with Crippen molar-refractivity contribution >= 4 is 23.2 Å². The average molecular weight is 367 g/mol. The van der Waals surface area contributed by atoms with E-state index in [9.17, 15) is 9.18 Å². The molecule has 0 bridgehead atoms. The lowest BCUT2D eigenvalue weighted by Gasteiger charge is -2.37. The highest BCUT2D eigenvalue weighted by Crippen LogP contribution is 2.37. The van der Waals surface area contributed by atoms with Gasteiger partial charge in [0.25, 0.3) is 0 Å². The van der Waals surface area contributed by atoms with E-state index in [1.165, 1.54) is 16.8 Å². The van der Waals surface area contributed by atoms with Crippen molar-refractivity contribution in [2.24, 2.45) is 13.0 Å². The molecule has 0 unspecified atom stereocenters. The molecule has 1 aliphatic heterocycles. The normalized spacial score (nSPS) is 24.0. The van der Waals surface area contributed by atoms with E-state index in [2.05, 4.69) is 27.1 Å². The van der Waals surface area contributed by atoms with Gasteiger partial charge in [0.2, 0.25) is 5.91 Å². The Bertz CT molecular complexity index is 928. The lowest BCUT2D eigenvalue weighted by Crippen LogP contribution is -2.49. The number of rotatable bonds is 3. The minimum atomic E-state index is -0.921. The van der Waals surface area contributed by atoms with Crippen molar-refractivity contribution in [3.8, 4) is 0 Å². The smallest absolute Gasteiger partial charge is 0.228 e. The fourth-order valence-corrected chi connectivity index (χ4v) is 4.08. The largest absolute Gasteiger partial charge is 0.367 e. The quantitative estimate of drug-likeness (QED) is 0.832. The van der Waals surface area contributed by atoms with Crippen LogP contribution in [0.25, 0.3) is 11.6 Å². The third kappa shape index (κ3) is 2.91. The molecule has 2 aliphatic carbocycles. The molecule has 7 heteroatoms. The minimum Gasteiger partial charge on any atom is -0.367 e. The third-order valence-corrected chi connectivity index (χ3v) is 5.76. The standard InChI is InChI=1S/C20H22FN5O/c1-24-12-14(11-23-24)13-8-16-18(9-13)22-3-2-19(16)25-4-6-26(7-5-25)20(27)15-10-17(15)21/h2-3,8,11-12,15,17H,4-7,9-10H2,1H3/t15-,17-/m1/s1. The van der Waals surface area contributed by atoms with Crippen molar-refractivity contribution in [3.05, 3.63) is 41.5 Å². The number of carbonyl (C=O) groups excluding carboxylic acids is 1. The zero-order valence-corrected chi connectivity index (χ0v) is 15.3. The molecule has 0 spiro atoms. The van der Waals surface area contributed by atoms with Gasteiger partial charge in [0.1, 0.15) is 6.17 Å². The maximum atomic E-state index is 13.2. The maximum absolute atomic E-state index is 13.2. The molecular formula is C20H22FN5O. The second-order valence-corrected chi connectivity index (χ2v) is 7.61. The van der Waals surface area contributed by atoms with Crippen molar-refractivity contribution in [3.63, 3.8) is 0 Å². The molecule has 2 atom stereocenters. The first-order chi connectivity index (χ1) is 13.1. The topological polar surface area (TPSA) is 54.3 Å². The summed E-state index contributed by atoms with van der Waals surface area (Å²) in [5.41, 5.74) is 5.78. The van der Waals surface area contributed by atoms with E-state index in [1.54, 1.807) is 0 Å². The SMILES string of the molecule is Cn1cc(C2=Cc3c(N4CCN(C(=O)[C@@H]5C[C@H]5F)CC4)ccnc3C2)cn1. The van der Waals surface area contributed by atoms with Gasteiger partial charge in [-0.15, -0.1) is 0 Å². The molecule has 1 saturated heterocycles. The molecule has 2 fully saturated rings. The number of piperazine rings is 1. The Balaban J connectivity index is 1.33. The number of hydrogen-bond donors (Lipinski definition) is 0. The molecule has 27 heavy (non-hydrogen) atoms. The summed E-state index contributed by atoms with van der Waals surface area (Å²) in [7, 11) is 1.92. The maximum Gasteiger partial charge on any atom is 0.228 e. The van der Waals surface area contributed by atoms with Gasteiger partial charge in [0, 0.05) is 68.9 Å². The summed E-state index contributed by atoms with van der Waals surface area (Å²) >= 11 is 0. The van der Waals surface area contributed by atoms with Crippen LogP contribution in [0.15, 0.2) is 24.7 Å². The number of pyridine rings is 1. The molecule has 3 heterocycles. The molecule has 140 valence electrons. The van der Waals surface area contributed by atoms with Crippen LogP contribution in [0, 0.1) is 5.92 Å². The van der Waals surface area contributed by atoms with Crippen molar-refractivity contribution in [2.75, 3.05) is 31.1 Å². The lowest BCUT2D eigenvalue weighted by molar-refractivity contribution is -0.133. The number of fused-ring (bicyclic) bond motifs is 1. The van der Waals surface area contributed by atoms with Crippen molar-refractivity contribution < 1.29 is 9.18 Å². The Morgan fingerprint density at radius 1 is 1.26 bits per heavy atom. The number of carbonyl (C=O) groups is 1. The zero-order valence-electron chi connectivity index (χ0n) is 15.3. The van der Waals surface area contributed by atoms with Crippen LogP contribution in [-0.4, -0.2) is 57.9 Å². The number of amides is 1. The number of aryl methyl sites for hydroxylation is 1. The Morgan fingerprint density at radius 2 is 2.04 bits per heavy atom. The van der Waals surface area contributed by atoms with Crippen LogP contribution in [-0.2, 0) is 18.3 Å². The van der Waals surface area contributed by atoms with Crippen LogP contribution < -0.4 is 4.90 Å². The number of allylic oxidation sites excluding steroid dienone is 1. The summed E-state index contributed by atoms with van der Waals surface area (Å²) < 4.78 is 15.0. The molecule has 3 aliphatic rings. The second kappa shape index (κ2) is 6.18. The van der Waals surface area contributed by atoms with Crippen molar-refractivity contribution in [1.29, 1.82) is 0 Å². The van der Waals surface area contributed by atoms with Crippen LogP contribution in [0.5, 0.6) is 0 Å². The van der Waals surface area contributed by atoms with E-state index in [4.69, 9.17) is 0 Å². The van der Waals surface area contributed by atoms with Gasteiger partial charge in [-0.05, 0) is 24.1 Å². The van der Waals surface area contributed by atoms with Gasteiger partial charge < -0.3 is 9.80 Å². The van der Waals surface area contributed by atoms with Crippen LogP contribution >= 0.6 is 0 Å². The molecule has 0 radical (unpaired) electrons. The first-order valence-corrected chi connectivity index (χ1v) is 9.45. The molecular weight excluding hydrogens is 345 g/mol. The molecule has 0 aromatic carbocycles. The Labute approximate surface area is 157 Å². The second-order valence-electron chi connectivity index (χ2n) is 7.61. The molecule has 2 aromatic heterocycles. The van der Waals surface area contributed by atoms with Gasteiger partial charge in [-0.1, -0.05) is 0 Å². The summed E-state index contributed by atoms with van der Waals surface area (Å²) in [6, 6.07) is 2.05. The molecule has 1 amide bonds. The highest BCUT2D eigenvalue weighted by atomic mass is 19.1. The van der Waals surface area contributed by atoms with E-state index in [-0.39, 0.29) is 11.8 Å². The number of hydrogen-bond acceptors (Lipinski definition) is 4. The predicted octanol–water partition coefficient (Wildman–Crippen LogP) is 1.92. The summed E-state index contributed by atoms with van der Waals surface area (Å²) in [6.45, 7) is 2.83. The summed E-state index contributed by atoms with van der Waals surface area (Å²) in [6.07, 6.45) is 8.28. The van der Waals surface area contributed by atoms with E-state index < -0.39 is 6.17 Å². The highest BCUT2D eigenvalue weighted by Gasteiger charge is 2.46. The number of aromatic nitrogens is 3. The number of anilines is 1. The molecule has 2 aromatic rings. The monoisotopic (exact) mass is 367 g/mol. The highest BCUT2D eigenvalue weighted by molar-refractivity contribution is 5.91. The fourth-order valence-electron chi connectivity index (χ4n) is 4.08. The van der Waals surface area contributed by atoms with E-state index in [1.807, 2.05) is 35.2 Å². The Morgan fingerprint density at radius 3 is 2.70 bits per heavy atom. The van der Waals surface area contributed by atoms with Crippen LogP contribution in [0.3, 0.4) is 0 Å².